The van der Waals surface area contributed by atoms with Crippen LogP contribution in [0.1, 0.15) is 38.2 Å². The van der Waals surface area contributed by atoms with Crippen molar-refractivity contribution in [2.24, 2.45) is 0 Å². The van der Waals surface area contributed by atoms with Crippen molar-refractivity contribution in [3.8, 4) is 5.75 Å². The molecule has 1 fully saturated rings. The third-order valence-corrected chi connectivity index (χ3v) is 3.34. The largest absolute Gasteiger partial charge is 0.494 e. The number of benzene rings is 1. The monoisotopic (exact) mass is 317 g/mol. The zero-order valence-corrected chi connectivity index (χ0v) is 13.0. The predicted molar refractivity (Wildman–Crippen MR) is 83.1 cm³/mol. The number of hydroxylamine groups is 2. The lowest BCUT2D eigenvalue weighted by Crippen LogP contribution is -2.32. The highest BCUT2D eigenvalue weighted by atomic mass is 16.7. The number of imide groups is 1. The van der Waals surface area contributed by atoms with Gasteiger partial charge in [0.15, 0.2) is 0 Å². The Balaban J connectivity index is 1.68. The fraction of sp³-hybridized carbons (Fsp3) is 0.353. The van der Waals surface area contributed by atoms with Gasteiger partial charge in [0.1, 0.15) is 5.75 Å². The zero-order valence-electron chi connectivity index (χ0n) is 13.0. The van der Waals surface area contributed by atoms with Crippen LogP contribution < -0.4 is 4.74 Å². The number of ether oxygens (including phenoxy) is 1. The summed E-state index contributed by atoms with van der Waals surface area (Å²) in [6.45, 7) is 6.12. The van der Waals surface area contributed by atoms with Crippen LogP contribution in [0.2, 0.25) is 0 Å². The van der Waals surface area contributed by atoms with Crippen LogP contribution in [0.25, 0.3) is 5.57 Å². The highest BCUT2D eigenvalue weighted by Gasteiger charge is 2.32. The Kier molecular flexibility index (Phi) is 5.51. The smallest absolute Gasteiger partial charge is 0.333 e. The topological polar surface area (TPSA) is 72.9 Å². The van der Waals surface area contributed by atoms with Gasteiger partial charge in [0.05, 0.1) is 13.0 Å². The van der Waals surface area contributed by atoms with Crippen LogP contribution in [0.5, 0.6) is 5.75 Å². The lowest BCUT2D eigenvalue weighted by atomic mass is 10.1. The second-order valence-corrected chi connectivity index (χ2v) is 5.30. The molecule has 0 N–H and O–H groups in total. The Labute approximate surface area is 134 Å². The maximum atomic E-state index is 11.6. The molecule has 2 rings (SSSR count). The minimum atomic E-state index is -0.616. The maximum absolute atomic E-state index is 11.6. The van der Waals surface area contributed by atoms with E-state index in [1.807, 2.05) is 31.2 Å². The molecule has 0 aliphatic carbocycles. The summed E-state index contributed by atoms with van der Waals surface area (Å²) in [5, 5.41) is 0.555. The first-order valence-electron chi connectivity index (χ1n) is 7.42. The molecule has 0 radical (unpaired) electrons. The molecule has 2 amide bonds. The average molecular weight is 317 g/mol. The number of allylic oxidation sites excluding steroid dienone is 1. The van der Waals surface area contributed by atoms with E-state index < -0.39 is 17.8 Å². The van der Waals surface area contributed by atoms with Gasteiger partial charge < -0.3 is 9.57 Å². The second-order valence-electron chi connectivity index (χ2n) is 5.30. The first kappa shape index (κ1) is 16.7. The van der Waals surface area contributed by atoms with E-state index in [2.05, 4.69) is 6.58 Å². The first-order valence-corrected chi connectivity index (χ1v) is 7.42. The molecule has 1 aliphatic heterocycles. The molecule has 0 saturated carbocycles. The Bertz CT molecular complexity index is 604. The number of nitrogens with zero attached hydrogens (tertiary/aromatic N) is 1. The van der Waals surface area contributed by atoms with Gasteiger partial charge in [-0.05, 0) is 31.0 Å². The zero-order chi connectivity index (χ0) is 16.8. The molecule has 0 unspecified atom stereocenters. The third kappa shape index (κ3) is 4.67. The Morgan fingerprint density at radius 3 is 2.35 bits per heavy atom. The first-order chi connectivity index (χ1) is 11.0. The van der Waals surface area contributed by atoms with Crippen molar-refractivity contribution in [3.63, 3.8) is 0 Å². The van der Waals surface area contributed by atoms with Gasteiger partial charge >= 0.3 is 5.97 Å². The summed E-state index contributed by atoms with van der Waals surface area (Å²) in [6.07, 6.45) is 0.684. The van der Waals surface area contributed by atoms with Gasteiger partial charge in [-0.3, -0.25) is 9.59 Å². The third-order valence-electron chi connectivity index (χ3n) is 3.34. The molecular weight excluding hydrogens is 298 g/mol. The predicted octanol–water partition coefficient (Wildman–Crippen LogP) is 2.49. The van der Waals surface area contributed by atoms with Gasteiger partial charge in [-0.1, -0.05) is 24.3 Å². The molecule has 1 aliphatic rings. The van der Waals surface area contributed by atoms with Crippen molar-refractivity contribution in [1.29, 1.82) is 0 Å². The van der Waals surface area contributed by atoms with E-state index in [1.165, 1.54) is 0 Å². The average Bonchev–Trinajstić information content (AvgIpc) is 2.84. The number of hydrogen-bond donors (Lipinski definition) is 0. The molecule has 1 saturated heterocycles. The summed E-state index contributed by atoms with van der Waals surface area (Å²) in [5.41, 5.74) is 2.02. The van der Waals surface area contributed by atoms with E-state index in [0.717, 1.165) is 11.1 Å². The van der Waals surface area contributed by atoms with E-state index in [0.29, 0.717) is 23.8 Å². The quantitative estimate of drug-likeness (QED) is 0.570. The molecule has 6 heteroatoms. The van der Waals surface area contributed by atoms with Crippen molar-refractivity contribution >= 4 is 23.4 Å². The molecule has 122 valence electrons. The summed E-state index contributed by atoms with van der Waals surface area (Å²) >= 11 is 0. The molecule has 1 aromatic carbocycles. The van der Waals surface area contributed by atoms with E-state index in [-0.39, 0.29) is 19.3 Å². The van der Waals surface area contributed by atoms with Crippen LogP contribution in [0.3, 0.4) is 0 Å². The van der Waals surface area contributed by atoms with Gasteiger partial charge in [0.25, 0.3) is 11.8 Å². The number of amides is 2. The van der Waals surface area contributed by atoms with E-state index in [1.54, 1.807) is 0 Å². The fourth-order valence-electron chi connectivity index (χ4n) is 2.05. The minimum Gasteiger partial charge on any atom is -0.494 e. The number of hydrogen-bond acceptors (Lipinski definition) is 5. The van der Waals surface area contributed by atoms with Crippen LogP contribution in [0.15, 0.2) is 30.8 Å². The molecule has 6 nitrogen and oxygen atoms in total. The van der Waals surface area contributed by atoms with E-state index in [4.69, 9.17) is 9.57 Å². The highest BCUT2D eigenvalue weighted by Crippen LogP contribution is 2.17. The van der Waals surface area contributed by atoms with Crippen molar-refractivity contribution in [1.82, 2.24) is 5.06 Å². The molecular formula is C17H19NO5. The van der Waals surface area contributed by atoms with E-state index >= 15 is 0 Å². The van der Waals surface area contributed by atoms with Crippen LogP contribution in [0, 0.1) is 0 Å². The lowest BCUT2D eigenvalue weighted by molar-refractivity contribution is -0.197. The van der Waals surface area contributed by atoms with Gasteiger partial charge in [-0.25, -0.2) is 4.79 Å². The summed E-state index contributed by atoms with van der Waals surface area (Å²) in [6, 6.07) is 7.50. The van der Waals surface area contributed by atoms with Crippen molar-refractivity contribution in [2.45, 2.75) is 32.6 Å². The van der Waals surface area contributed by atoms with Crippen molar-refractivity contribution in [3.05, 3.63) is 36.4 Å². The standard InChI is InChI=1S/C17H19NO5/c1-12(2)13-5-7-14(8-6-13)22-11-3-4-17(21)23-18-15(19)9-10-16(18)20/h5-8H,1,3-4,9-11H2,2H3. The molecule has 23 heavy (non-hydrogen) atoms. The molecule has 0 bridgehead atoms. The summed E-state index contributed by atoms with van der Waals surface area (Å²) in [7, 11) is 0. The molecule has 1 heterocycles. The fourth-order valence-corrected chi connectivity index (χ4v) is 2.05. The summed E-state index contributed by atoms with van der Waals surface area (Å²) < 4.78 is 5.52. The summed E-state index contributed by atoms with van der Waals surface area (Å²) in [4.78, 5) is 39.0. The van der Waals surface area contributed by atoms with Crippen LogP contribution in [-0.4, -0.2) is 29.5 Å². The van der Waals surface area contributed by atoms with Gasteiger partial charge in [-0.15, -0.1) is 5.06 Å². The number of rotatable bonds is 7. The van der Waals surface area contributed by atoms with Crippen molar-refractivity contribution in [2.75, 3.05) is 6.61 Å². The lowest BCUT2D eigenvalue weighted by Gasteiger charge is -2.12. The van der Waals surface area contributed by atoms with E-state index in [9.17, 15) is 14.4 Å². The second kappa shape index (κ2) is 7.58. The molecule has 0 aromatic heterocycles. The van der Waals surface area contributed by atoms with Gasteiger partial charge in [0, 0.05) is 12.8 Å². The minimum absolute atomic E-state index is 0.0703. The normalized spacial score (nSPS) is 14.0. The Hall–Kier alpha value is -2.63. The maximum Gasteiger partial charge on any atom is 0.333 e. The van der Waals surface area contributed by atoms with Crippen molar-refractivity contribution < 1.29 is 24.0 Å². The Morgan fingerprint density at radius 1 is 1.17 bits per heavy atom. The summed E-state index contributed by atoms with van der Waals surface area (Å²) in [5.74, 6) is -0.863. The molecule has 1 aromatic rings. The van der Waals surface area contributed by atoms with Gasteiger partial charge in [-0.2, -0.15) is 0 Å². The van der Waals surface area contributed by atoms with Gasteiger partial charge in [0.2, 0.25) is 0 Å². The Morgan fingerprint density at radius 2 is 1.78 bits per heavy atom. The SMILES string of the molecule is C=C(C)c1ccc(OCCCC(=O)ON2C(=O)CCC2=O)cc1. The van der Waals surface area contributed by atoms with Crippen LogP contribution in [0.4, 0.5) is 0 Å². The highest BCUT2D eigenvalue weighted by molar-refractivity contribution is 6.01. The molecule has 0 atom stereocenters. The molecule has 0 spiro atoms. The van der Waals surface area contributed by atoms with Crippen LogP contribution in [-0.2, 0) is 19.2 Å². The number of carbonyl (C=O) groups is 3. The van der Waals surface area contributed by atoms with Crippen LogP contribution >= 0.6 is 0 Å². The number of carbonyl (C=O) groups excluding carboxylic acids is 3.